The van der Waals surface area contributed by atoms with Crippen molar-refractivity contribution in [2.45, 2.75) is 13.5 Å². The summed E-state index contributed by atoms with van der Waals surface area (Å²) in [6, 6.07) is 11.5. The second kappa shape index (κ2) is 5.76. The van der Waals surface area contributed by atoms with Crippen LogP contribution in [0.3, 0.4) is 0 Å². The lowest BCUT2D eigenvalue weighted by Gasteiger charge is -2.07. The zero-order valence-electron chi connectivity index (χ0n) is 13.5. The topological polar surface area (TPSA) is 56.0 Å². The summed E-state index contributed by atoms with van der Waals surface area (Å²) in [4.78, 5) is 24.6. The highest BCUT2D eigenvalue weighted by molar-refractivity contribution is 5.98. The largest absolute Gasteiger partial charge is 0.347 e. The number of rotatable bonds is 3. The summed E-state index contributed by atoms with van der Waals surface area (Å²) in [5, 5.41) is 3.46. The SMILES string of the molecule is Cc1ccc(CNC(=O)c2cc3c(=O)n(C)ccc3n2C)cc1. The average molecular weight is 309 g/mol. The Morgan fingerprint density at radius 2 is 1.83 bits per heavy atom. The molecule has 0 saturated carbocycles. The minimum absolute atomic E-state index is 0.101. The van der Waals surface area contributed by atoms with Crippen molar-refractivity contribution in [2.24, 2.45) is 14.1 Å². The molecule has 5 heteroatoms. The zero-order chi connectivity index (χ0) is 16.6. The predicted octanol–water partition coefficient (Wildman–Crippen LogP) is 2.12. The molecule has 0 aliphatic carbocycles. The molecule has 0 bridgehead atoms. The van der Waals surface area contributed by atoms with Gasteiger partial charge in [-0.2, -0.15) is 0 Å². The third-order valence-electron chi connectivity index (χ3n) is 4.09. The first-order valence-corrected chi connectivity index (χ1v) is 7.46. The highest BCUT2D eigenvalue weighted by Gasteiger charge is 2.15. The molecule has 0 aliphatic heterocycles. The summed E-state index contributed by atoms with van der Waals surface area (Å²) in [7, 11) is 3.49. The number of benzene rings is 1. The number of nitrogens with zero attached hydrogens (tertiary/aromatic N) is 2. The molecule has 5 nitrogen and oxygen atoms in total. The summed E-state index contributed by atoms with van der Waals surface area (Å²) in [6.45, 7) is 2.48. The predicted molar refractivity (Wildman–Crippen MR) is 90.5 cm³/mol. The van der Waals surface area contributed by atoms with Crippen LogP contribution in [0.25, 0.3) is 10.9 Å². The first kappa shape index (κ1) is 15.1. The Balaban J connectivity index is 1.86. The molecule has 0 spiro atoms. The molecule has 0 unspecified atom stereocenters. The molecule has 0 fully saturated rings. The molecule has 23 heavy (non-hydrogen) atoms. The molecule has 1 aromatic carbocycles. The van der Waals surface area contributed by atoms with Crippen LogP contribution in [0.4, 0.5) is 0 Å². The zero-order valence-corrected chi connectivity index (χ0v) is 13.5. The number of pyridine rings is 1. The Morgan fingerprint density at radius 3 is 2.52 bits per heavy atom. The monoisotopic (exact) mass is 309 g/mol. The maximum atomic E-state index is 12.4. The van der Waals surface area contributed by atoms with E-state index in [0.29, 0.717) is 17.6 Å². The summed E-state index contributed by atoms with van der Waals surface area (Å²) < 4.78 is 3.26. The van der Waals surface area contributed by atoms with E-state index < -0.39 is 0 Å². The Labute approximate surface area is 134 Å². The van der Waals surface area contributed by atoms with Gasteiger partial charge in [0.05, 0.1) is 10.9 Å². The van der Waals surface area contributed by atoms with Crippen molar-refractivity contribution < 1.29 is 4.79 Å². The van der Waals surface area contributed by atoms with Gasteiger partial charge in [-0.3, -0.25) is 9.59 Å². The van der Waals surface area contributed by atoms with E-state index in [1.165, 1.54) is 10.1 Å². The van der Waals surface area contributed by atoms with E-state index in [4.69, 9.17) is 0 Å². The number of fused-ring (bicyclic) bond motifs is 1. The van der Waals surface area contributed by atoms with Crippen molar-refractivity contribution in [2.75, 3.05) is 0 Å². The fraction of sp³-hybridized carbons (Fsp3) is 0.222. The van der Waals surface area contributed by atoms with Gasteiger partial charge >= 0.3 is 0 Å². The molecule has 1 N–H and O–H groups in total. The smallest absolute Gasteiger partial charge is 0.268 e. The number of amides is 1. The molecular weight excluding hydrogens is 290 g/mol. The minimum atomic E-state index is -0.189. The van der Waals surface area contributed by atoms with Gasteiger partial charge < -0.3 is 14.5 Å². The first-order valence-electron chi connectivity index (χ1n) is 7.46. The lowest BCUT2D eigenvalue weighted by atomic mass is 10.1. The van der Waals surface area contributed by atoms with Crippen molar-refractivity contribution in [1.29, 1.82) is 0 Å². The number of hydrogen-bond acceptors (Lipinski definition) is 2. The molecular formula is C18H19N3O2. The van der Waals surface area contributed by atoms with E-state index in [-0.39, 0.29) is 11.5 Å². The van der Waals surface area contributed by atoms with Gasteiger partial charge in [-0.1, -0.05) is 29.8 Å². The fourth-order valence-corrected chi connectivity index (χ4v) is 2.63. The summed E-state index contributed by atoms with van der Waals surface area (Å²) in [5.41, 5.74) is 3.36. The Hall–Kier alpha value is -2.82. The highest BCUT2D eigenvalue weighted by atomic mass is 16.2. The van der Waals surface area contributed by atoms with Crippen LogP contribution in [-0.4, -0.2) is 15.0 Å². The molecule has 0 saturated heterocycles. The number of aryl methyl sites for hydroxylation is 3. The maximum Gasteiger partial charge on any atom is 0.268 e. The normalized spacial score (nSPS) is 10.9. The van der Waals surface area contributed by atoms with E-state index in [1.807, 2.05) is 37.3 Å². The Kier molecular flexibility index (Phi) is 3.78. The van der Waals surface area contributed by atoms with Gasteiger partial charge in [0.25, 0.3) is 11.5 Å². The molecule has 118 valence electrons. The van der Waals surface area contributed by atoms with Crippen LogP contribution < -0.4 is 10.9 Å². The number of carbonyl (C=O) groups excluding carboxylic acids is 1. The maximum absolute atomic E-state index is 12.4. The Morgan fingerprint density at radius 1 is 1.13 bits per heavy atom. The van der Waals surface area contributed by atoms with Gasteiger partial charge in [0.1, 0.15) is 5.69 Å². The fourth-order valence-electron chi connectivity index (χ4n) is 2.63. The molecule has 1 amide bonds. The summed E-state index contributed by atoms with van der Waals surface area (Å²) >= 11 is 0. The van der Waals surface area contributed by atoms with E-state index in [0.717, 1.165) is 11.1 Å². The first-order chi connectivity index (χ1) is 11.0. The molecule has 0 aliphatic rings. The Bertz CT molecular complexity index is 933. The number of hydrogen-bond donors (Lipinski definition) is 1. The molecule has 3 aromatic rings. The molecule has 2 aromatic heterocycles. The molecule has 3 rings (SSSR count). The van der Waals surface area contributed by atoms with Crippen LogP contribution in [0.1, 0.15) is 21.6 Å². The van der Waals surface area contributed by atoms with Crippen molar-refractivity contribution in [1.82, 2.24) is 14.5 Å². The van der Waals surface area contributed by atoms with Gasteiger partial charge in [0, 0.05) is 26.8 Å². The van der Waals surface area contributed by atoms with Crippen LogP contribution in [0.15, 0.2) is 47.4 Å². The third kappa shape index (κ3) is 2.77. The van der Waals surface area contributed by atoms with Gasteiger partial charge in [0.2, 0.25) is 0 Å². The van der Waals surface area contributed by atoms with Crippen LogP contribution >= 0.6 is 0 Å². The quantitative estimate of drug-likeness (QED) is 0.805. The van der Waals surface area contributed by atoms with E-state index in [2.05, 4.69) is 5.32 Å². The molecule has 2 heterocycles. The summed E-state index contributed by atoms with van der Waals surface area (Å²) in [5.74, 6) is -0.189. The second-order valence-electron chi connectivity index (χ2n) is 5.79. The average Bonchev–Trinajstić information content (AvgIpc) is 2.88. The third-order valence-corrected chi connectivity index (χ3v) is 4.09. The lowest BCUT2D eigenvalue weighted by molar-refractivity contribution is 0.0943. The standard InChI is InChI=1S/C18H19N3O2/c1-12-4-6-13(7-5-12)11-19-17(22)16-10-14-15(21(16)3)8-9-20(2)18(14)23/h4-10H,11H2,1-3H3,(H,19,22). The molecule has 0 atom stereocenters. The van der Waals surface area contributed by atoms with Crippen LogP contribution in [-0.2, 0) is 20.6 Å². The van der Waals surface area contributed by atoms with E-state index in [9.17, 15) is 9.59 Å². The highest BCUT2D eigenvalue weighted by Crippen LogP contribution is 2.15. The van der Waals surface area contributed by atoms with Crippen LogP contribution in [0.5, 0.6) is 0 Å². The van der Waals surface area contributed by atoms with E-state index >= 15 is 0 Å². The van der Waals surface area contributed by atoms with Crippen molar-refractivity contribution in [3.05, 3.63) is 69.8 Å². The van der Waals surface area contributed by atoms with E-state index in [1.54, 1.807) is 30.9 Å². The van der Waals surface area contributed by atoms with Gasteiger partial charge in [-0.15, -0.1) is 0 Å². The van der Waals surface area contributed by atoms with Crippen molar-refractivity contribution >= 4 is 16.8 Å². The minimum Gasteiger partial charge on any atom is -0.347 e. The number of nitrogens with one attached hydrogen (secondary N) is 1. The number of carbonyl (C=O) groups is 1. The second-order valence-corrected chi connectivity index (χ2v) is 5.79. The number of aromatic nitrogens is 2. The summed E-state index contributed by atoms with van der Waals surface area (Å²) in [6.07, 6.45) is 1.71. The van der Waals surface area contributed by atoms with Gasteiger partial charge in [-0.05, 0) is 24.6 Å². The van der Waals surface area contributed by atoms with Crippen molar-refractivity contribution in [3.63, 3.8) is 0 Å². The lowest BCUT2D eigenvalue weighted by Crippen LogP contribution is -2.24. The molecule has 0 radical (unpaired) electrons. The van der Waals surface area contributed by atoms with Crippen LogP contribution in [0.2, 0.25) is 0 Å². The van der Waals surface area contributed by atoms with Gasteiger partial charge in [0.15, 0.2) is 0 Å². The van der Waals surface area contributed by atoms with Crippen LogP contribution in [0, 0.1) is 6.92 Å². The van der Waals surface area contributed by atoms with Gasteiger partial charge in [-0.25, -0.2) is 0 Å². The van der Waals surface area contributed by atoms with Crippen molar-refractivity contribution in [3.8, 4) is 0 Å².